The molecule has 0 saturated carbocycles. The van der Waals surface area contributed by atoms with Gasteiger partial charge in [0.15, 0.2) is 0 Å². The predicted molar refractivity (Wildman–Crippen MR) is 65.2 cm³/mol. The van der Waals surface area contributed by atoms with Gasteiger partial charge in [0.1, 0.15) is 5.82 Å². The zero-order valence-corrected chi connectivity index (χ0v) is 9.71. The van der Waals surface area contributed by atoms with Crippen molar-refractivity contribution >= 4 is 17.3 Å². The summed E-state index contributed by atoms with van der Waals surface area (Å²) in [4.78, 5) is 16.2. The topological polar surface area (TPSA) is 48.1 Å². The molecule has 0 aliphatic carbocycles. The maximum Gasteiger partial charge on any atom is 0.222 e. The van der Waals surface area contributed by atoms with Gasteiger partial charge in [0.05, 0.1) is 0 Å². The first-order valence-corrected chi connectivity index (χ1v) is 5.49. The van der Waals surface area contributed by atoms with Crippen LogP contribution >= 0.6 is 0 Å². The maximum atomic E-state index is 10.9. The molecule has 1 aliphatic heterocycles. The Morgan fingerprint density at radius 1 is 1.56 bits per heavy atom. The van der Waals surface area contributed by atoms with Crippen LogP contribution in [0.5, 0.6) is 0 Å². The molecule has 1 aromatic heterocycles. The fourth-order valence-electron chi connectivity index (χ4n) is 1.87. The number of H-pyrrole nitrogens is 1. The van der Waals surface area contributed by atoms with E-state index in [1.807, 2.05) is 12.3 Å². The number of amides is 1. The lowest BCUT2D eigenvalue weighted by Crippen LogP contribution is -2.23. The molecule has 2 N–H and O–H groups in total. The molecule has 16 heavy (non-hydrogen) atoms. The highest BCUT2D eigenvalue weighted by Crippen LogP contribution is 2.23. The fourth-order valence-corrected chi connectivity index (χ4v) is 1.87. The molecule has 2 rings (SSSR count). The minimum atomic E-state index is -0.0502. The fraction of sp³-hybridized carbons (Fsp3) is 0.417. The number of rotatable bonds is 2. The molecule has 0 unspecified atom stereocenters. The largest absolute Gasteiger partial charge is 0.348 e. The quantitative estimate of drug-likeness (QED) is 0.795. The standard InChI is InChI=1S/C12H17N3O/c1-9(16)14-12-7-11(8-13-12)10-3-5-15(2)6-4-10/h3,7-8,13H,4-6H2,1-2H3,(H,14,16). The summed E-state index contributed by atoms with van der Waals surface area (Å²) in [6.07, 6.45) is 5.25. The second-order valence-corrected chi connectivity index (χ2v) is 4.22. The molecule has 0 spiro atoms. The summed E-state index contributed by atoms with van der Waals surface area (Å²) in [6, 6.07) is 1.98. The number of anilines is 1. The van der Waals surface area contributed by atoms with Gasteiger partial charge >= 0.3 is 0 Å². The number of aromatic nitrogens is 1. The third-order valence-electron chi connectivity index (χ3n) is 2.78. The first-order valence-electron chi connectivity index (χ1n) is 5.49. The van der Waals surface area contributed by atoms with Crippen LogP contribution in [-0.4, -0.2) is 35.9 Å². The van der Waals surface area contributed by atoms with Crippen molar-refractivity contribution in [1.82, 2.24) is 9.88 Å². The molecular weight excluding hydrogens is 202 g/mol. The second-order valence-electron chi connectivity index (χ2n) is 4.22. The van der Waals surface area contributed by atoms with Crippen molar-refractivity contribution < 1.29 is 4.79 Å². The van der Waals surface area contributed by atoms with E-state index in [1.165, 1.54) is 18.1 Å². The van der Waals surface area contributed by atoms with Crippen molar-refractivity contribution in [3.8, 4) is 0 Å². The van der Waals surface area contributed by atoms with Crippen LogP contribution in [-0.2, 0) is 4.79 Å². The lowest BCUT2D eigenvalue weighted by atomic mass is 10.0. The van der Waals surface area contributed by atoms with Crippen LogP contribution < -0.4 is 5.32 Å². The van der Waals surface area contributed by atoms with Gasteiger partial charge < -0.3 is 15.2 Å². The van der Waals surface area contributed by atoms with Gasteiger partial charge in [-0.2, -0.15) is 0 Å². The van der Waals surface area contributed by atoms with Gasteiger partial charge in [-0.15, -0.1) is 0 Å². The summed E-state index contributed by atoms with van der Waals surface area (Å²) in [5.41, 5.74) is 2.53. The summed E-state index contributed by atoms with van der Waals surface area (Å²) in [5.74, 6) is 0.716. The number of hydrogen-bond donors (Lipinski definition) is 2. The number of nitrogens with zero attached hydrogens (tertiary/aromatic N) is 1. The summed E-state index contributed by atoms with van der Waals surface area (Å²) in [7, 11) is 2.12. The number of likely N-dealkylation sites (N-methyl/N-ethyl adjacent to an activating group) is 1. The third-order valence-corrected chi connectivity index (χ3v) is 2.78. The minimum Gasteiger partial charge on any atom is -0.348 e. The summed E-state index contributed by atoms with van der Waals surface area (Å²) in [5, 5.41) is 2.74. The summed E-state index contributed by atoms with van der Waals surface area (Å²) >= 11 is 0. The Morgan fingerprint density at radius 3 is 3.00 bits per heavy atom. The molecule has 2 heterocycles. The van der Waals surface area contributed by atoms with Crippen LogP contribution in [0, 0.1) is 0 Å². The molecule has 86 valence electrons. The Labute approximate surface area is 95.3 Å². The third kappa shape index (κ3) is 2.52. The first-order chi connectivity index (χ1) is 7.65. The molecule has 1 aromatic rings. The molecule has 4 nitrogen and oxygen atoms in total. The van der Waals surface area contributed by atoms with E-state index in [4.69, 9.17) is 0 Å². The SMILES string of the molecule is CC(=O)Nc1cc(C2=CCN(C)CC2)c[nH]1. The van der Waals surface area contributed by atoms with Gasteiger partial charge in [-0.25, -0.2) is 0 Å². The Kier molecular flexibility index (Phi) is 3.10. The maximum absolute atomic E-state index is 10.9. The first kappa shape index (κ1) is 11.0. The van der Waals surface area contributed by atoms with Crippen LogP contribution in [0.1, 0.15) is 18.9 Å². The van der Waals surface area contributed by atoms with E-state index in [1.54, 1.807) is 0 Å². The number of carbonyl (C=O) groups is 1. The van der Waals surface area contributed by atoms with Gasteiger partial charge in [-0.1, -0.05) is 6.08 Å². The van der Waals surface area contributed by atoms with Crippen LogP contribution in [0.3, 0.4) is 0 Å². The molecule has 4 heteroatoms. The zero-order chi connectivity index (χ0) is 11.5. The van der Waals surface area contributed by atoms with Crippen molar-refractivity contribution in [1.29, 1.82) is 0 Å². The lowest BCUT2D eigenvalue weighted by molar-refractivity contribution is -0.114. The Balaban J connectivity index is 2.10. The number of carbonyl (C=O) groups excluding carboxylic acids is 1. The highest BCUT2D eigenvalue weighted by atomic mass is 16.1. The lowest BCUT2D eigenvalue weighted by Gasteiger charge is -2.21. The van der Waals surface area contributed by atoms with E-state index in [0.29, 0.717) is 0 Å². The van der Waals surface area contributed by atoms with Crippen molar-refractivity contribution in [2.45, 2.75) is 13.3 Å². The molecular formula is C12H17N3O. The summed E-state index contributed by atoms with van der Waals surface area (Å²) in [6.45, 7) is 3.60. The monoisotopic (exact) mass is 219 g/mol. The highest BCUT2D eigenvalue weighted by molar-refractivity contribution is 5.88. The van der Waals surface area contributed by atoms with Crippen molar-refractivity contribution in [2.24, 2.45) is 0 Å². The Morgan fingerprint density at radius 2 is 2.38 bits per heavy atom. The minimum absolute atomic E-state index is 0.0502. The molecule has 0 bridgehead atoms. The molecule has 0 saturated heterocycles. The Hall–Kier alpha value is -1.55. The van der Waals surface area contributed by atoms with E-state index in [-0.39, 0.29) is 5.91 Å². The van der Waals surface area contributed by atoms with Crippen LogP contribution in [0.4, 0.5) is 5.82 Å². The summed E-state index contributed by atoms with van der Waals surface area (Å²) < 4.78 is 0. The molecule has 0 radical (unpaired) electrons. The number of nitrogens with one attached hydrogen (secondary N) is 2. The molecule has 0 atom stereocenters. The van der Waals surface area contributed by atoms with Crippen molar-refractivity contribution in [2.75, 3.05) is 25.5 Å². The van der Waals surface area contributed by atoms with Gasteiger partial charge in [-0.05, 0) is 30.7 Å². The number of hydrogen-bond acceptors (Lipinski definition) is 2. The van der Waals surface area contributed by atoms with E-state index in [9.17, 15) is 4.79 Å². The van der Waals surface area contributed by atoms with E-state index in [2.05, 4.69) is 28.3 Å². The van der Waals surface area contributed by atoms with E-state index >= 15 is 0 Å². The molecule has 0 fully saturated rings. The molecule has 0 aromatic carbocycles. The van der Waals surface area contributed by atoms with Crippen molar-refractivity contribution in [3.05, 3.63) is 23.9 Å². The van der Waals surface area contributed by atoms with Gasteiger partial charge in [0.2, 0.25) is 5.91 Å². The molecule has 1 amide bonds. The average Bonchev–Trinajstić information content (AvgIpc) is 2.66. The zero-order valence-electron chi connectivity index (χ0n) is 9.71. The van der Waals surface area contributed by atoms with Gasteiger partial charge in [0.25, 0.3) is 0 Å². The van der Waals surface area contributed by atoms with E-state index < -0.39 is 0 Å². The van der Waals surface area contributed by atoms with Crippen LogP contribution in [0.2, 0.25) is 0 Å². The van der Waals surface area contributed by atoms with Gasteiger partial charge in [-0.3, -0.25) is 4.79 Å². The number of aromatic amines is 1. The predicted octanol–water partition coefficient (Wildman–Crippen LogP) is 1.69. The van der Waals surface area contributed by atoms with Gasteiger partial charge in [0, 0.05) is 26.2 Å². The van der Waals surface area contributed by atoms with E-state index in [0.717, 1.165) is 25.3 Å². The van der Waals surface area contributed by atoms with Crippen molar-refractivity contribution in [3.63, 3.8) is 0 Å². The van der Waals surface area contributed by atoms with Crippen LogP contribution in [0.25, 0.3) is 5.57 Å². The Bertz CT molecular complexity index is 420. The average molecular weight is 219 g/mol. The highest BCUT2D eigenvalue weighted by Gasteiger charge is 2.11. The smallest absolute Gasteiger partial charge is 0.222 e. The second kappa shape index (κ2) is 4.53. The van der Waals surface area contributed by atoms with Crippen LogP contribution in [0.15, 0.2) is 18.3 Å². The molecule has 1 aliphatic rings. The normalized spacial score (nSPS) is 17.0.